The zero-order valence-electron chi connectivity index (χ0n) is 13.6. The molecule has 0 aliphatic rings. The van der Waals surface area contributed by atoms with Crippen molar-refractivity contribution in [3.05, 3.63) is 63.7 Å². The molecule has 0 spiro atoms. The van der Waals surface area contributed by atoms with Crippen LogP contribution in [0.4, 0.5) is 11.4 Å². The van der Waals surface area contributed by atoms with Crippen molar-refractivity contribution >= 4 is 23.3 Å². The molecule has 0 aliphatic heterocycles. The summed E-state index contributed by atoms with van der Waals surface area (Å²) in [5.74, 6) is -1.12. The molecule has 1 N–H and O–H groups in total. The van der Waals surface area contributed by atoms with Gasteiger partial charge < -0.3 is 14.8 Å². The molecule has 1 amide bonds. The lowest BCUT2D eigenvalue weighted by Gasteiger charge is -2.10. The zero-order valence-corrected chi connectivity index (χ0v) is 13.6. The van der Waals surface area contributed by atoms with Crippen LogP contribution >= 0.6 is 0 Å². The van der Waals surface area contributed by atoms with Crippen molar-refractivity contribution in [1.82, 2.24) is 0 Å². The molecule has 0 aromatic heterocycles. The molecule has 0 unspecified atom stereocenters. The summed E-state index contributed by atoms with van der Waals surface area (Å²) in [4.78, 5) is 34.7. The van der Waals surface area contributed by atoms with Crippen LogP contribution in [-0.2, 0) is 4.74 Å². The Labute approximate surface area is 143 Å². The summed E-state index contributed by atoms with van der Waals surface area (Å²) in [5.41, 5.74) is 0.181. The predicted molar refractivity (Wildman–Crippen MR) is 90.0 cm³/mol. The number of para-hydroxylation sites is 1. The van der Waals surface area contributed by atoms with Crippen molar-refractivity contribution in [2.75, 3.05) is 19.0 Å². The van der Waals surface area contributed by atoms with Crippen LogP contribution in [0.5, 0.6) is 5.75 Å². The number of nitrogens with zero attached hydrogens (tertiary/aromatic N) is 1. The van der Waals surface area contributed by atoms with Crippen LogP contribution in [0, 0.1) is 10.1 Å². The number of anilines is 1. The average Bonchev–Trinajstić information content (AvgIpc) is 2.61. The predicted octanol–water partition coefficient (Wildman–Crippen LogP) is 3.03. The van der Waals surface area contributed by atoms with E-state index in [1.54, 1.807) is 19.1 Å². The van der Waals surface area contributed by atoms with Crippen molar-refractivity contribution < 1.29 is 24.0 Å². The van der Waals surface area contributed by atoms with Gasteiger partial charge in [-0.1, -0.05) is 12.1 Å². The third-order valence-electron chi connectivity index (χ3n) is 3.30. The SMILES string of the molecule is CCOc1ccc(C(=O)Nc2ccccc2C(=O)OC)cc1[N+](=O)[O-]. The monoisotopic (exact) mass is 344 g/mol. The molecule has 2 aromatic carbocycles. The van der Waals surface area contributed by atoms with Crippen molar-refractivity contribution in [2.24, 2.45) is 0 Å². The van der Waals surface area contributed by atoms with Gasteiger partial charge in [0.05, 0.1) is 29.9 Å². The van der Waals surface area contributed by atoms with Gasteiger partial charge in [-0.2, -0.15) is 0 Å². The second kappa shape index (κ2) is 7.91. The molecule has 2 aromatic rings. The van der Waals surface area contributed by atoms with Crippen LogP contribution in [0.25, 0.3) is 0 Å². The molecule has 0 atom stereocenters. The first kappa shape index (κ1) is 17.9. The van der Waals surface area contributed by atoms with E-state index >= 15 is 0 Å². The lowest BCUT2D eigenvalue weighted by molar-refractivity contribution is -0.385. The Bertz CT molecular complexity index is 819. The van der Waals surface area contributed by atoms with E-state index < -0.39 is 16.8 Å². The Balaban J connectivity index is 2.32. The third kappa shape index (κ3) is 4.11. The number of amides is 1. The maximum absolute atomic E-state index is 12.4. The van der Waals surface area contributed by atoms with Gasteiger partial charge in [0, 0.05) is 11.6 Å². The molecule has 0 bridgehead atoms. The number of carbonyl (C=O) groups is 2. The number of hydrogen-bond acceptors (Lipinski definition) is 6. The van der Waals surface area contributed by atoms with Crippen LogP contribution in [0.3, 0.4) is 0 Å². The maximum atomic E-state index is 12.4. The fourth-order valence-electron chi connectivity index (χ4n) is 2.15. The highest BCUT2D eigenvalue weighted by molar-refractivity contribution is 6.08. The minimum atomic E-state index is -0.621. The molecule has 0 saturated heterocycles. The average molecular weight is 344 g/mol. The second-order valence-corrected chi connectivity index (χ2v) is 4.86. The maximum Gasteiger partial charge on any atom is 0.339 e. The first-order valence-electron chi connectivity index (χ1n) is 7.37. The molecule has 8 nitrogen and oxygen atoms in total. The molecular formula is C17H16N2O6. The summed E-state index contributed by atoms with van der Waals surface area (Å²) in [6.45, 7) is 1.97. The lowest BCUT2D eigenvalue weighted by atomic mass is 10.1. The van der Waals surface area contributed by atoms with Gasteiger partial charge in [0.25, 0.3) is 5.91 Å². The number of nitro groups is 1. The first-order valence-corrected chi connectivity index (χ1v) is 7.37. The lowest BCUT2D eigenvalue weighted by Crippen LogP contribution is -2.15. The molecule has 0 aliphatic carbocycles. The minimum absolute atomic E-state index is 0.0646. The molecule has 130 valence electrons. The molecule has 25 heavy (non-hydrogen) atoms. The van der Waals surface area contributed by atoms with Crippen molar-refractivity contribution in [1.29, 1.82) is 0 Å². The Hall–Kier alpha value is -3.42. The van der Waals surface area contributed by atoms with Gasteiger partial charge in [0.2, 0.25) is 0 Å². The van der Waals surface area contributed by atoms with Gasteiger partial charge in [-0.15, -0.1) is 0 Å². The number of esters is 1. The van der Waals surface area contributed by atoms with Crippen LogP contribution in [0.1, 0.15) is 27.6 Å². The van der Waals surface area contributed by atoms with Crippen molar-refractivity contribution in [3.8, 4) is 5.75 Å². The summed E-state index contributed by atoms with van der Waals surface area (Å²) in [6, 6.07) is 10.2. The standard InChI is InChI=1S/C17H16N2O6/c1-3-25-15-9-8-11(10-14(15)19(22)23)16(20)18-13-7-5-4-6-12(13)17(21)24-2/h4-10H,3H2,1-2H3,(H,18,20). The molecule has 0 heterocycles. The highest BCUT2D eigenvalue weighted by Crippen LogP contribution is 2.28. The largest absolute Gasteiger partial charge is 0.487 e. The van der Waals surface area contributed by atoms with E-state index in [0.29, 0.717) is 0 Å². The minimum Gasteiger partial charge on any atom is -0.487 e. The summed E-state index contributed by atoms with van der Waals surface area (Å²) < 4.78 is 9.84. The molecule has 2 rings (SSSR count). The highest BCUT2D eigenvalue weighted by atomic mass is 16.6. The number of nitrogens with one attached hydrogen (secondary N) is 1. The Morgan fingerprint density at radius 2 is 1.92 bits per heavy atom. The topological polar surface area (TPSA) is 108 Å². The van der Waals surface area contributed by atoms with E-state index in [1.165, 1.54) is 31.4 Å². The summed E-state index contributed by atoms with van der Waals surface area (Å²) in [7, 11) is 1.23. The van der Waals surface area contributed by atoms with E-state index in [-0.39, 0.29) is 34.9 Å². The number of nitro benzene ring substituents is 1. The zero-order chi connectivity index (χ0) is 18.4. The fraction of sp³-hybridized carbons (Fsp3) is 0.176. The number of methoxy groups -OCH3 is 1. The van der Waals surface area contributed by atoms with E-state index in [1.807, 2.05) is 0 Å². The van der Waals surface area contributed by atoms with Gasteiger partial charge in [0.15, 0.2) is 5.75 Å². The van der Waals surface area contributed by atoms with Gasteiger partial charge in [-0.25, -0.2) is 4.79 Å². The van der Waals surface area contributed by atoms with Gasteiger partial charge in [0.1, 0.15) is 0 Å². The van der Waals surface area contributed by atoms with Gasteiger partial charge >= 0.3 is 11.7 Å². The number of carbonyl (C=O) groups excluding carboxylic acids is 2. The van der Waals surface area contributed by atoms with Crippen LogP contribution in [-0.4, -0.2) is 30.5 Å². The Morgan fingerprint density at radius 1 is 1.20 bits per heavy atom. The number of ether oxygens (including phenoxy) is 2. The van der Waals surface area contributed by atoms with Crippen molar-refractivity contribution in [2.45, 2.75) is 6.92 Å². The van der Waals surface area contributed by atoms with Crippen LogP contribution in [0.15, 0.2) is 42.5 Å². The highest BCUT2D eigenvalue weighted by Gasteiger charge is 2.20. The van der Waals surface area contributed by atoms with E-state index in [4.69, 9.17) is 4.74 Å². The van der Waals surface area contributed by atoms with E-state index in [9.17, 15) is 19.7 Å². The van der Waals surface area contributed by atoms with E-state index in [2.05, 4.69) is 10.1 Å². The normalized spacial score (nSPS) is 10.0. The molecular weight excluding hydrogens is 328 g/mol. The number of benzene rings is 2. The quantitative estimate of drug-likeness (QED) is 0.490. The molecule has 0 radical (unpaired) electrons. The number of rotatable bonds is 6. The molecule has 0 fully saturated rings. The molecule has 8 heteroatoms. The van der Waals surface area contributed by atoms with Gasteiger partial charge in [-0.05, 0) is 31.2 Å². The fourth-order valence-corrected chi connectivity index (χ4v) is 2.15. The third-order valence-corrected chi connectivity index (χ3v) is 3.30. The van der Waals surface area contributed by atoms with Crippen LogP contribution < -0.4 is 10.1 Å². The Kier molecular flexibility index (Phi) is 5.67. The Morgan fingerprint density at radius 3 is 2.56 bits per heavy atom. The summed E-state index contributed by atoms with van der Waals surface area (Å²) >= 11 is 0. The van der Waals surface area contributed by atoms with Crippen molar-refractivity contribution in [3.63, 3.8) is 0 Å². The molecule has 0 saturated carbocycles. The summed E-state index contributed by atoms with van der Waals surface area (Å²) in [5, 5.41) is 13.7. The smallest absolute Gasteiger partial charge is 0.339 e. The van der Waals surface area contributed by atoms with Crippen LogP contribution in [0.2, 0.25) is 0 Å². The summed E-state index contributed by atoms with van der Waals surface area (Å²) in [6.07, 6.45) is 0. The number of hydrogen-bond donors (Lipinski definition) is 1. The second-order valence-electron chi connectivity index (χ2n) is 4.86. The van der Waals surface area contributed by atoms with Gasteiger partial charge in [-0.3, -0.25) is 14.9 Å². The first-order chi connectivity index (χ1) is 12.0. The van der Waals surface area contributed by atoms with E-state index in [0.717, 1.165) is 6.07 Å².